The molecule has 0 spiro atoms. The first-order valence-electron chi connectivity index (χ1n) is 8.73. The van der Waals surface area contributed by atoms with Crippen LogP contribution in [0.4, 0.5) is 9.59 Å². The van der Waals surface area contributed by atoms with E-state index < -0.39 is 36.2 Å². The molecule has 0 saturated carbocycles. The van der Waals surface area contributed by atoms with Crippen LogP contribution in [-0.4, -0.2) is 36.2 Å². The Hall–Kier alpha value is -3.88. The van der Waals surface area contributed by atoms with Gasteiger partial charge >= 0.3 is 24.1 Å². The number of ether oxygens (including phenoxy) is 3. The van der Waals surface area contributed by atoms with E-state index in [4.69, 9.17) is 9.47 Å². The molecule has 2 aromatic carbocycles. The second-order valence-electron chi connectivity index (χ2n) is 6.11. The monoisotopic (exact) mass is 398 g/mol. The predicted molar refractivity (Wildman–Crippen MR) is 98.2 cm³/mol. The van der Waals surface area contributed by atoms with Crippen LogP contribution < -0.4 is 10.6 Å². The molecular formula is C20H18N2O7. The van der Waals surface area contributed by atoms with Gasteiger partial charge in [0, 0.05) is 0 Å². The molecule has 0 aromatic heterocycles. The number of cyclic esters (lactones) is 2. The Morgan fingerprint density at radius 1 is 0.724 bits per heavy atom. The number of hydrogen-bond acceptors (Lipinski definition) is 7. The molecule has 0 radical (unpaired) electrons. The number of esters is 2. The summed E-state index contributed by atoms with van der Waals surface area (Å²) in [6.45, 7) is -0.0563. The molecule has 2 N–H and O–H groups in total. The van der Waals surface area contributed by atoms with Crippen molar-refractivity contribution in [3.63, 3.8) is 0 Å². The van der Waals surface area contributed by atoms with Gasteiger partial charge in [-0.25, -0.2) is 19.2 Å². The molecule has 1 heterocycles. The average molecular weight is 398 g/mol. The van der Waals surface area contributed by atoms with E-state index in [9.17, 15) is 19.2 Å². The minimum absolute atomic E-state index is 0.0282. The Labute approximate surface area is 165 Å². The van der Waals surface area contributed by atoms with Gasteiger partial charge < -0.3 is 24.8 Å². The Morgan fingerprint density at radius 2 is 1.10 bits per heavy atom. The van der Waals surface area contributed by atoms with Gasteiger partial charge in [0.15, 0.2) is 12.1 Å². The van der Waals surface area contributed by atoms with Crippen LogP contribution in [-0.2, 0) is 37.0 Å². The topological polar surface area (TPSA) is 120 Å². The molecule has 2 atom stereocenters. The zero-order valence-electron chi connectivity index (χ0n) is 15.2. The first-order chi connectivity index (χ1) is 14.0. The fraction of sp³-hybridized carbons (Fsp3) is 0.200. The molecular weight excluding hydrogens is 380 g/mol. The van der Waals surface area contributed by atoms with Crippen molar-refractivity contribution in [2.24, 2.45) is 0 Å². The largest absolute Gasteiger partial charge is 0.445 e. The second-order valence-corrected chi connectivity index (χ2v) is 6.11. The summed E-state index contributed by atoms with van der Waals surface area (Å²) in [5.41, 5.74) is 1.48. The number of alkyl carbamates (subject to hydrolysis) is 2. The number of carbonyl (C=O) groups is 4. The second kappa shape index (κ2) is 9.36. The maximum atomic E-state index is 12.0. The van der Waals surface area contributed by atoms with Crippen LogP contribution >= 0.6 is 0 Å². The fourth-order valence-corrected chi connectivity index (χ4v) is 2.57. The van der Waals surface area contributed by atoms with Crippen molar-refractivity contribution in [2.75, 3.05) is 0 Å². The lowest BCUT2D eigenvalue weighted by atomic mass is 10.1. The van der Waals surface area contributed by atoms with E-state index in [0.29, 0.717) is 0 Å². The first kappa shape index (κ1) is 19.9. The van der Waals surface area contributed by atoms with Crippen LogP contribution in [0.15, 0.2) is 60.7 Å². The van der Waals surface area contributed by atoms with Crippen molar-refractivity contribution >= 4 is 24.1 Å². The predicted octanol–water partition coefficient (Wildman–Crippen LogP) is 1.66. The molecule has 2 aromatic rings. The van der Waals surface area contributed by atoms with Crippen molar-refractivity contribution in [1.29, 1.82) is 0 Å². The highest BCUT2D eigenvalue weighted by molar-refractivity contribution is 6.03. The fourth-order valence-electron chi connectivity index (χ4n) is 2.57. The maximum Gasteiger partial charge on any atom is 0.408 e. The highest BCUT2D eigenvalue weighted by atomic mass is 16.6. The third-order valence-corrected chi connectivity index (χ3v) is 4.01. The minimum atomic E-state index is -1.42. The normalized spacial score (nSPS) is 17.9. The number of nitrogens with one attached hydrogen (secondary N) is 2. The summed E-state index contributed by atoms with van der Waals surface area (Å²) in [7, 11) is 0. The number of carbonyl (C=O) groups excluding carboxylic acids is 4. The molecule has 3 rings (SSSR count). The molecule has 2 amide bonds. The van der Waals surface area contributed by atoms with E-state index >= 15 is 0 Å². The average Bonchev–Trinajstić information content (AvgIpc) is 2.99. The van der Waals surface area contributed by atoms with Crippen LogP contribution in [0.2, 0.25) is 0 Å². The van der Waals surface area contributed by atoms with Crippen molar-refractivity contribution in [2.45, 2.75) is 25.3 Å². The van der Waals surface area contributed by atoms with Gasteiger partial charge in [-0.3, -0.25) is 0 Å². The summed E-state index contributed by atoms with van der Waals surface area (Å²) in [5, 5.41) is 4.46. The van der Waals surface area contributed by atoms with Crippen LogP contribution in [0.1, 0.15) is 11.1 Å². The zero-order valence-corrected chi connectivity index (χ0v) is 15.2. The lowest BCUT2D eigenvalue weighted by Gasteiger charge is -2.16. The van der Waals surface area contributed by atoms with Crippen molar-refractivity contribution < 1.29 is 33.4 Å². The summed E-state index contributed by atoms with van der Waals surface area (Å²) in [4.78, 5) is 47.7. The lowest BCUT2D eigenvalue weighted by molar-refractivity contribution is -0.153. The van der Waals surface area contributed by atoms with Gasteiger partial charge in [0.2, 0.25) is 0 Å². The standard InChI is InChI=1S/C20H18N2O7/c23-17-15(21-19(25)27-11-13-7-3-1-4-8-13)16(18(24)29-17)22-20(26)28-12-14-9-5-2-6-10-14/h1-10,15-16H,11-12H2,(H,21,25)(H,22,26)/t15-,16+. The minimum Gasteiger partial charge on any atom is -0.445 e. The smallest absolute Gasteiger partial charge is 0.408 e. The van der Waals surface area contributed by atoms with Crippen LogP contribution in [0.25, 0.3) is 0 Å². The number of rotatable bonds is 6. The number of amides is 2. The molecule has 0 bridgehead atoms. The van der Waals surface area contributed by atoms with Crippen molar-refractivity contribution in [1.82, 2.24) is 10.6 Å². The zero-order chi connectivity index (χ0) is 20.6. The molecule has 1 aliphatic heterocycles. The van der Waals surface area contributed by atoms with Crippen molar-refractivity contribution in [3.05, 3.63) is 71.8 Å². The Kier molecular flexibility index (Phi) is 6.41. The summed E-state index contributed by atoms with van der Waals surface area (Å²) in [6, 6.07) is 15.0. The first-order valence-corrected chi connectivity index (χ1v) is 8.73. The van der Waals surface area contributed by atoms with E-state index in [1.807, 2.05) is 12.1 Å². The van der Waals surface area contributed by atoms with Crippen LogP contribution in [0.3, 0.4) is 0 Å². The van der Waals surface area contributed by atoms with Crippen LogP contribution in [0, 0.1) is 0 Å². The Balaban J connectivity index is 1.52. The van der Waals surface area contributed by atoms with Gasteiger partial charge in [0.1, 0.15) is 13.2 Å². The Morgan fingerprint density at radius 3 is 1.48 bits per heavy atom. The number of benzene rings is 2. The third kappa shape index (κ3) is 5.55. The summed E-state index contributed by atoms with van der Waals surface area (Å²) < 4.78 is 14.5. The quantitative estimate of drug-likeness (QED) is 0.431. The van der Waals surface area contributed by atoms with Crippen molar-refractivity contribution in [3.8, 4) is 0 Å². The highest BCUT2D eigenvalue weighted by Crippen LogP contribution is 2.11. The molecule has 29 heavy (non-hydrogen) atoms. The summed E-state index contributed by atoms with van der Waals surface area (Å²) in [6.07, 6.45) is -1.87. The van der Waals surface area contributed by atoms with Gasteiger partial charge in [-0.2, -0.15) is 0 Å². The summed E-state index contributed by atoms with van der Waals surface area (Å²) in [5.74, 6) is -2.00. The van der Waals surface area contributed by atoms with E-state index in [2.05, 4.69) is 15.4 Å². The molecule has 1 saturated heterocycles. The molecule has 0 unspecified atom stereocenters. The van der Waals surface area contributed by atoms with Gasteiger partial charge in [0.05, 0.1) is 0 Å². The number of hydrogen-bond donors (Lipinski definition) is 2. The molecule has 9 nitrogen and oxygen atoms in total. The molecule has 150 valence electrons. The van der Waals surface area contributed by atoms with E-state index in [1.165, 1.54) is 0 Å². The van der Waals surface area contributed by atoms with E-state index in [-0.39, 0.29) is 13.2 Å². The van der Waals surface area contributed by atoms with Gasteiger partial charge in [-0.05, 0) is 11.1 Å². The third-order valence-electron chi connectivity index (χ3n) is 4.01. The maximum absolute atomic E-state index is 12.0. The SMILES string of the molecule is O=C(N[C@@H]1C(=O)OC(=O)[C@@H]1NC(=O)OCc1ccccc1)OCc1ccccc1. The molecule has 0 aliphatic carbocycles. The van der Waals surface area contributed by atoms with Crippen LogP contribution in [0.5, 0.6) is 0 Å². The Bertz CT molecular complexity index is 813. The van der Waals surface area contributed by atoms with E-state index in [1.54, 1.807) is 48.5 Å². The summed E-state index contributed by atoms with van der Waals surface area (Å²) >= 11 is 0. The van der Waals surface area contributed by atoms with E-state index in [0.717, 1.165) is 11.1 Å². The van der Waals surface area contributed by atoms with Gasteiger partial charge in [-0.1, -0.05) is 60.7 Å². The highest BCUT2D eigenvalue weighted by Gasteiger charge is 2.47. The lowest BCUT2D eigenvalue weighted by Crippen LogP contribution is -2.53. The molecule has 1 fully saturated rings. The van der Waals surface area contributed by atoms with Gasteiger partial charge in [-0.15, -0.1) is 0 Å². The van der Waals surface area contributed by atoms with Gasteiger partial charge in [0.25, 0.3) is 0 Å². The molecule has 9 heteroatoms. The molecule has 1 aliphatic rings.